The van der Waals surface area contributed by atoms with Gasteiger partial charge >= 0.3 is 0 Å². The lowest BCUT2D eigenvalue weighted by Gasteiger charge is -2.06. The summed E-state index contributed by atoms with van der Waals surface area (Å²) in [6.07, 6.45) is 1.03. The molecule has 4 nitrogen and oxygen atoms in total. The molecule has 0 unspecified atom stereocenters. The van der Waals surface area contributed by atoms with E-state index in [4.69, 9.17) is 0 Å². The van der Waals surface area contributed by atoms with Crippen LogP contribution in [0.5, 0.6) is 0 Å². The number of H-pyrrole nitrogens is 1. The van der Waals surface area contributed by atoms with Crippen LogP contribution in [0, 0.1) is 0 Å². The lowest BCUT2D eigenvalue weighted by atomic mass is 10.1. The highest BCUT2D eigenvalue weighted by atomic mass is 16.1. The monoisotopic (exact) mass is 329 g/mol. The number of nitrogens with one attached hydrogen (secondary N) is 2. The number of aromatic amines is 1. The number of carbonyl (C=O) groups excluding carboxylic acids is 1. The van der Waals surface area contributed by atoms with E-state index in [0.29, 0.717) is 19.4 Å². The van der Waals surface area contributed by atoms with Crippen molar-refractivity contribution < 1.29 is 4.79 Å². The van der Waals surface area contributed by atoms with E-state index in [1.165, 1.54) is 10.8 Å². The largest absolute Gasteiger partial charge is 0.352 e. The van der Waals surface area contributed by atoms with Gasteiger partial charge in [0.25, 0.3) is 0 Å². The highest BCUT2D eigenvalue weighted by Crippen LogP contribution is 2.15. The van der Waals surface area contributed by atoms with Gasteiger partial charge < -0.3 is 10.3 Å². The van der Waals surface area contributed by atoms with E-state index in [1.807, 2.05) is 36.4 Å². The number of aryl methyl sites for hydroxylation is 1. The molecule has 2 N–H and O–H groups in total. The fourth-order valence-corrected chi connectivity index (χ4v) is 2.99. The zero-order valence-corrected chi connectivity index (χ0v) is 13.8. The Kier molecular flexibility index (Phi) is 4.17. The van der Waals surface area contributed by atoms with E-state index < -0.39 is 0 Å². The van der Waals surface area contributed by atoms with E-state index in [2.05, 4.69) is 45.6 Å². The number of amides is 1. The molecular weight excluding hydrogens is 310 g/mol. The first-order valence-electron chi connectivity index (χ1n) is 8.46. The summed E-state index contributed by atoms with van der Waals surface area (Å²) in [6.45, 7) is 0.545. The third kappa shape index (κ3) is 3.53. The summed E-state index contributed by atoms with van der Waals surface area (Å²) < 4.78 is 0. The predicted molar refractivity (Wildman–Crippen MR) is 100 cm³/mol. The van der Waals surface area contributed by atoms with Gasteiger partial charge in [-0.1, -0.05) is 48.5 Å². The Bertz CT molecular complexity index is 1000. The molecule has 0 radical (unpaired) electrons. The maximum absolute atomic E-state index is 12.1. The molecule has 4 aromatic rings. The van der Waals surface area contributed by atoms with E-state index in [-0.39, 0.29) is 5.91 Å². The van der Waals surface area contributed by atoms with Crippen molar-refractivity contribution in [1.82, 2.24) is 15.3 Å². The molecule has 3 aromatic carbocycles. The van der Waals surface area contributed by atoms with Gasteiger partial charge in [-0.25, -0.2) is 4.98 Å². The van der Waals surface area contributed by atoms with Crippen LogP contribution in [0.4, 0.5) is 0 Å². The fourth-order valence-electron chi connectivity index (χ4n) is 2.99. The summed E-state index contributed by atoms with van der Waals surface area (Å²) >= 11 is 0. The molecular formula is C21H19N3O. The van der Waals surface area contributed by atoms with Crippen molar-refractivity contribution >= 4 is 27.7 Å². The number of carbonyl (C=O) groups is 1. The molecule has 0 bridgehead atoms. The van der Waals surface area contributed by atoms with Crippen molar-refractivity contribution in [2.45, 2.75) is 19.4 Å². The SMILES string of the molecule is O=C(CCc1nc2ccccc2[nH]1)NCc1ccc2ccccc2c1. The van der Waals surface area contributed by atoms with Gasteiger partial charge in [-0.3, -0.25) is 4.79 Å². The Labute approximate surface area is 145 Å². The molecule has 1 heterocycles. The van der Waals surface area contributed by atoms with Crippen molar-refractivity contribution in [3.8, 4) is 0 Å². The van der Waals surface area contributed by atoms with E-state index >= 15 is 0 Å². The van der Waals surface area contributed by atoms with Crippen LogP contribution in [0.1, 0.15) is 17.8 Å². The fraction of sp³-hybridized carbons (Fsp3) is 0.143. The molecule has 4 heteroatoms. The molecule has 4 rings (SSSR count). The maximum atomic E-state index is 12.1. The zero-order valence-electron chi connectivity index (χ0n) is 13.8. The Morgan fingerprint density at radius 2 is 1.76 bits per heavy atom. The molecule has 124 valence electrons. The van der Waals surface area contributed by atoms with Crippen molar-refractivity contribution in [2.24, 2.45) is 0 Å². The number of aromatic nitrogens is 2. The lowest BCUT2D eigenvalue weighted by molar-refractivity contribution is -0.121. The smallest absolute Gasteiger partial charge is 0.220 e. The average Bonchev–Trinajstić information content (AvgIpc) is 3.07. The number of rotatable bonds is 5. The molecule has 0 saturated heterocycles. The predicted octanol–water partition coefficient (Wildman–Crippen LogP) is 3.97. The summed E-state index contributed by atoms with van der Waals surface area (Å²) in [5.41, 5.74) is 3.05. The molecule has 1 amide bonds. The quantitative estimate of drug-likeness (QED) is 0.582. The van der Waals surface area contributed by atoms with E-state index in [0.717, 1.165) is 22.4 Å². The Morgan fingerprint density at radius 3 is 2.64 bits per heavy atom. The van der Waals surface area contributed by atoms with Crippen LogP contribution in [0.3, 0.4) is 0 Å². The van der Waals surface area contributed by atoms with Gasteiger partial charge in [0.1, 0.15) is 5.82 Å². The highest BCUT2D eigenvalue weighted by molar-refractivity contribution is 5.83. The Balaban J connectivity index is 1.33. The van der Waals surface area contributed by atoms with E-state index in [1.54, 1.807) is 0 Å². The lowest BCUT2D eigenvalue weighted by Crippen LogP contribution is -2.23. The molecule has 25 heavy (non-hydrogen) atoms. The van der Waals surface area contributed by atoms with E-state index in [9.17, 15) is 4.79 Å². The summed E-state index contributed by atoms with van der Waals surface area (Å²) in [5, 5.41) is 5.39. The summed E-state index contributed by atoms with van der Waals surface area (Å²) in [4.78, 5) is 19.9. The minimum atomic E-state index is 0.0358. The third-order valence-electron chi connectivity index (χ3n) is 4.33. The Morgan fingerprint density at radius 1 is 0.960 bits per heavy atom. The molecule has 0 atom stereocenters. The van der Waals surface area contributed by atoms with Crippen LogP contribution in [0.15, 0.2) is 66.7 Å². The number of fused-ring (bicyclic) bond motifs is 2. The van der Waals surface area contributed by atoms with Gasteiger partial charge in [-0.05, 0) is 34.5 Å². The maximum Gasteiger partial charge on any atom is 0.220 e. The second-order valence-electron chi connectivity index (χ2n) is 6.16. The van der Waals surface area contributed by atoms with Crippen LogP contribution >= 0.6 is 0 Å². The average molecular weight is 329 g/mol. The molecule has 0 spiro atoms. The van der Waals surface area contributed by atoms with Crippen LogP contribution in [0.2, 0.25) is 0 Å². The first kappa shape index (κ1) is 15.4. The van der Waals surface area contributed by atoms with Gasteiger partial charge in [0, 0.05) is 19.4 Å². The third-order valence-corrected chi connectivity index (χ3v) is 4.33. The molecule has 1 aromatic heterocycles. The number of imidazole rings is 1. The minimum Gasteiger partial charge on any atom is -0.352 e. The number of benzene rings is 3. The molecule has 0 aliphatic heterocycles. The van der Waals surface area contributed by atoms with Crippen LogP contribution in [-0.2, 0) is 17.8 Å². The number of nitrogens with zero attached hydrogens (tertiary/aromatic N) is 1. The molecule has 0 saturated carbocycles. The van der Waals surface area contributed by atoms with Gasteiger partial charge in [-0.15, -0.1) is 0 Å². The second kappa shape index (κ2) is 6.77. The van der Waals surface area contributed by atoms with Crippen molar-refractivity contribution in [1.29, 1.82) is 0 Å². The standard InChI is InChI=1S/C21H19N3O/c25-21(12-11-20-23-18-7-3-4-8-19(18)24-20)22-14-15-9-10-16-5-1-2-6-17(16)13-15/h1-10,13H,11-12,14H2,(H,22,25)(H,23,24). The summed E-state index contributed by atoms with van der Waals surface area (Å²) in [6, 6.07) is 22.4. The number of hydrogen-bond donors (Lipinski definition) is 2. The molecule has 0 fully saturated rings. The zero-order chi connectivity index (χ0) is 17.1. The van der Waals surface area contributed by atoms with Crippen molar-refractivity contribution in [3.05, 3.63) is 78.1 Å². The van der Waals surface area contributed by atoms with Crippen molar-refractivity contribution in [3.63, 3.8) is 0 Å². The number of para-hydroxylation sites is 2. The normalized spacial score (nSPS) is 11.0. The first-order chi connectivity index (χ1) is 12.3. The molecule has 0 aliphatic carbocycles. The van der Waals surface area contributed by atoms with Crippen LogP contribution in [0.25, 0.3) is 21.8 Å². The molecule has 0 aliphatic rings. The Hall–Kier alpha value is -3.14. The van der Waals surface area contributed by atoms with Gasteiger partial charge in [0.2, 0.25) is 5.91 Å². The van der Waals surface area contributed by atoms with Gasteiger partial charge in [0.15, 0.2) is 0 Å². The van der Waals surface area contributed by atoms with Crippen LogP contribution < -0.4 is 5.32 Å². The summed E-state index contributed by atoms with van der Waals surface area (Å²) in [5.74, 6) is 0.885. The topological polar surface area (TPSA) is 57.8 Å². The first-order valence-corrected chi connectivity index (χ1v) is 8.46. The van der Waals surface area contributed by atoms with Crippen LogP contribution in [-0.4, -0.2) is 15.9 Å². The van der Waals surface area contributed by atoms with Crippen molar-refractivity contribution in [2.75, 3.05) is 0 Å². The highest BCUT2D eigenvalue weighted by Gasteiger charge is 2.06. The van der Waals surface area contributed by atoms with Gasteiger partial charge in [0.05, 0.1) is 11.0 Å². The summed E-state index contributed by atoms with van der Waals surface area (Å²) in [7, 11) is 0. The van der Waals surface area contributed by atoms with Gasteiger partial charge in [-0.2, -0.15) is 0 Å². The second-order valence-corrected chi connectivity index (χ2v) is 6.16. The minimum absolute atomic E-state index is 0.0358. The number of hydrogen-bond acceptors (Lipinski definition) is 2.